The number of nitrogens with one attached hydrogen (secondary N) is 1. The van der Waals surface area contributed by atoms with Crippen LogP contribution in [-0.2, 0) is 4.79 Å². The highest BCUT2D eigenvalue weighted by Crippen LogP contribution is 2.25. The molecule has 0 aliphatic carbocycles. The normalized spacial score (nSPS) is 19.9. The molecule has 20 heavy (non-hydrogen) atoms. The molecule has 110 valence electrons. The minimum Gasteiger partial charge on any atom is -0.330 e. The number of hydrogen-bond acceptors (Lipinski definition) is 3. The SMILES string of the molecule is NCC1CCCN(CC(=O)Nc2ccc(Cl)c(Cl)c2)C1. The highest BCUT2D eigenvalue weighted by Gasteiger charge is 2.20. The lowest BCUT2D eigenvalue weighted by Crippen LogP contribution is -2.42. The molecule has 1 aromatic rings. The van der Waals surface area contributed by atoms with Crippen molar-refractivity contribution in [2.24, 2.45) is 11.7 Å². The van der Waals surface area contributed by atoms with Crippen molar-refractivity contribution in [2.75, 3.05) is 31.5 Å². The second-order valence-electron chi connectivity index (χ2n) is 5.16. The van der Waals surface area contributed by atoms with Gasteiger partial charge in [-0.15, -0.1) is 0 Å². The Hall–Kier alpha value is -0.810. The maximum Gasteiger partial charge on any atom is 0.238 e. The van der Waals surface area contributed by atoms with Gasteiger partial charge in [0, 0.05) is 12.2 Å². The van der Waals surface area contributed by atoms with Crippen molar-refractivity contribution in [1.82, 2.24) is 4.90 Å². The Morgan fingerprint density at radius 2 is 2.20 bits per heavy atom. The van der Waals surface area contributed by atoms with Crippen LogP contribution in [0.2, 0.25) is 10.0 Å². The molecule has 3 N–H and O–H groups in total. The van der Waals surface area contributed by atoms with Gasteiger partial charge < -0.3 is 11.1 Å². The summed E-state index contributed by atoms with van der Waals surface area (Å²) in [4.78, 5) is 14.2. The molecule has 1 fully saturated rings. The zero-order valence-corrected chi connectivity index (χ0v) is 12.8. The van der Waals surface area contributed by atoms with Gasteiger partial charge >= 0.3 is 0 Å². The molecule has 0 bridgehead atoms. The lowest BCUT2D eigenvalue weighted by molar-refractivity contribution is -0.117. The summed E-state index contributed by atoms with van der Waals surface area (Å²) in [5.74, 6) is 0.461. The number of piperidine rings is 1. The third kappa shape index (κ3) is 4.35. The van der Waals surface area contributed by atoms with Gasteiger partial charge in [0.1, 0.15) is 0 Å². The monoisotopic (exact) mass is 315 g/mol. The fourth-order valence-corrected chi connectivity index (χ4v) is 2.76. The largest absolute Gasteiger partial charge is 0.330 e. The molecule has 0 saturated carbocycles. The van der Waals surface area contributed by atoms with E-state index in [-0.39, 0.29) is 5.91 Å². The third-order valence-corrected chi connectivity index (χ3v) is 4.25. The molecule has 4 nitrogen and oxygen atoms in total. The van der Waals surface area contributed by atoms with Crippen molar-refractivity contribution >= 4 is 34.8 Å². The molecule has 0 aromatic heterocycles. The molecule has 1 amide bonds. The summed E-state index contributed by atoms with van der Waals surface area (Å²) in [7, 11) is 0. The molecule has 1 aliphatic heterocycles. The van der Waals surface area contributed by atoms with Crippen LogP contribution >= 0.6 is 23.2 Å². The Balaban J connectivity index is 1.87. The van der Waals surface area contributed by atoms with Crippen LogP contribution < -0.4 is 11.1 Å². The topological polar surface area (TPSA) is 58.4 Å². The van der Waals surface area contributed by atoms with Gasteiger partial charge in [-0.25, -0.2) is 0 Å². The third-order valence-electron chi connectivity index (χ3n) is 3.51. The van der Waals surface area contributed by atoms with E-state index in [0.29, 0.717) is 34.7 Å². The van der Waals surface area contributed by atoms with E-state index in [1.165, 1.54) is 0 Å². The molecule has 1 aromatic carbocycles. The standard InChI is InChI=1S/C14H19Cl2N3O/c15-12-4-3-11(6-13(12)16)18-14(20)9-19-5-1-2-10(7-17)8-19/h3-4,6,10H,1-2,5,7-9,17H2,(H,18,20). The minimum atomic E-state index is -0.0407. The first-order valence-electron chi connectivity index (χ1n) is 6.76. The maximum atomic E-state index is 12.0. The van der Waals surface area contributed by atoms with Crippen LogP contribution in [0.3, 0.4) is 0 Å². The van der Waals surface area contributed by atoms with Crippen molar-refractivity contribution in [3.8, 4) is 0 Å². The number of nitrogens with zero attached hydrogens (tertiary/aromatic N) is 1. The van der Waals surface area contributed by atoms with E-state index in [2.05, 4.69) is 10.2 Å². The number of nitrogens with two attached hydrogens (primary N) is 1. The van der Waals surface area contributed by atoms with Crippen molar-refractivity contribution in [3.05, 3.63) is 28.2 Å². The predicted octanol–water partition coefficient (Wildman–Crippen LogP) is 2.60. The number of hydrogen-bond donors (Lipinski definition) is 2. The first-order chi connectivity index (χ1) is 9.58. The van der Waals surface area contributed by atoms with Crippen LogP contribution in [0, 0.1) is 5.92 Å². The molecular formula is C14H19Cl2N3O. The van der Waals surface area contributed by atoms with Gasteiger partial charge in [0.05, 0.1) is 16.6 Å². The van der Waals surface area contributed by atoms with E-state index in [1.807, 2.05) is 0 Å². The van der Waals surface area contributed by atoms with E-state index >= 15 is 0 Å². The Kier molecular flexibility index (Phi) is 5.66. The van der Waals surface area contributed by atoms with Crippen LogP contribution in [0.4, 0.5) is 5.69 Å². The van der Waals surface area contributed by atoms with E-state index in [4.69, 9.17) is 28.9 Å². The van der Waals surface area contributed by atoms with Crippen molar-refractivity contribution in [1.29, 1.82) is 0 Å². The van der Waals surface area contributed by atoms with Crippen molar-refractivity contribution in [3.63, 3.8) is 0 Å². The quantitative estimate of drug-likeness (QED) is 0.898. The number of benzene rings is 1. The van der Waals surface area contributed by atoms with Gasteiger partial charge in [0.25, 0.3) is 0 Å². The number of anilines is 1. The van der Waals surface area contributed by atoms with E-state index in [0.717, 1.165) is 25.9 Å². The van der Waals surface area contributed by atoms with Gasteiger partial charge in [-0.3, -0.25) is 9.69 Å². The Morgan fingerprint density at radius 1 is 1.40 bits per heavy atom. The first-order valence-corrected chi connectivity index (χ1v) is 7.51. The van der Waals surface area contributed by atoms with Gasteiger partial charge in [-0.05, 0) is 50.0 Å². The van der Waals surface area contributed by atoms with Gasteiger partial charge in [0.2, 0.25) is 5.91 Å². The van der Waals surface area contributed by atoms with E-state index < -0.39 is 0 Å². The highest BCUT2D eigenvalue weighted by atomic mass is 35.5. The summed E-state index contributed by atoms with van der Waals surface area (Å²) in [6.07, 6.45) is 2.25. The summed E-state index contributed by atoms with van der Waals surface area (Å²) in [6.45, 7) is 2.91. The minimum absolute atomic E-state index is 0.0407. The number of amides is 1. The van der Waals surface area contributed by atoms with Crippen LogP contribution in [0.5, 0.6) is 0 Å². The zero-order chi connectivity index (χ0) is 14.5. The van der Waals surface area contributed by atoms with Crippen molar-refractivity contribution in [2.45, 2.75) is 12.8 Å². The molecule has 0 spiro atoms. The number of carbonyl (C=O) groups is 1. The molecule has 0 radical (unpaired) electrons. The number of halogens is 2. The summed E-state index contributed by atoms with van der Waals surface area (Å²) < 4.78 is 0. The van der Waals surface area contributed by atoms with Gasteiger partial charge in [-0.1, -0.05) is 23.2 Å². The van der Waals surface area contributed by atoms with Crippen LogP contribution in [0.1, 0.15) is 12.8 Å². The molecule has 2 rings (SSSR count). The smallest absolute Gasteiger partial charge is 0.238 e. The summed E-state index contributed by atoms with van der Waals surface area (Å²) in [5, 5.41) is 3.75. The molecule has 1 heterocycles. The van der Waals surface area contributed by atoms with E-state index in [1.54, 1.807) is 18.2 Å². The molecular weight excluding hydrogens is 297 g/mol. The van der Waals surface area contributed by atoms with E-state index in [9.17, 15) is 4.79 Å². The Bertz CT molecular complexity index is 481. The Morgan fingerprint density at radius 3 is 2.90 bits per heavy atom. The fraction of sp³-hybridized carbons (Fsp3) is 0.500. The molecule has 1 saturated heterocycles. The summed E-state index contributed by atoms with van der Waals surface area (Å²) >= 11 is 11.8. The first kappa shape index (κ1) is 15.6. The zero-order valence-electron chi connectivity index (χ0n) is 11.2. The van der Waals surface area contributed by atoms with Crippen LogP contribution in [0.15, 0.2) is 18.2 Å². The number of rotatable bonds is 4. The van der Waals surface area contributed by atoms with Gasteiger partial charge in [0.15, 0.2) is 0 Å². The lowest BCUT2D eigenvalue weighted by atomic mass is 9.98. The lowest BCUT2D eigenvalue weighted by Gasteiger charge is -2.31. The highest BCUT2D eigenvalue weighted by molar-refractivity contribution is 6.42. The second-order valence-corrected chi connectivity index (χ2v) is 5.97. The predicted molar refractivity (Wildman–Crippen MR) is 83.3 cm³/mol. The number of carbonyl (C=O) groups excluding carboxylic acids is 1. The molecule has 1 aliphatic rings. The van der Waals surface area contributed by atoms with Crippen molar-refractivity contribution < 1.29 is 4.79 Å². The summed E-state index contributed by atoms with van der Waals surface area (Å²) in [5.41, 5.74) is 6.36. The fourth-order valence-electron chi connectivity index (χ4n) is 2.46. The summed E-state index contributed by atoms with van der Waals surface area (Å²) in [6, 6.07) is 5.07. The molecule has 1 atom stereocenters. The average Bonchev–Trinajstić information content (AvgIpc) is 2.43. The molecule has 1 unspecified atom stereocenters. The van der Waals surface area contributed by atoms with Crippen LogP contribution in [0.25, 0.3) is 0 Å². The number of likely N-dealkylation sites (tertiary alicyclic amines) is 1. The Labute approximate surface area is 129 Å². The van der Waals surface area contributed by atoms with Gasteiger partial charge in [-0.2, -0.15) is 0 Å². The van der Waals surface area contributed by atoms with Crippen LogP contribution in [-0.4, -0.2) is 37.0 Å². The maximum absolute atomic E-state index is 12.0. The average molecular weight is 316 g/mol. The second kappa shape index (κ2) is 7.27. The molecule has 6 heteroatoms.